The van der Waals surface area contributed by atoms with Crippen molar-refractivity contribution in [2.75, 3.05) is 0 Å². The van der Waals surface area contributed by atoms with E-state index in [9.17, 15) is 9.18 Å². The summed E-state index contributed by atoms with van der Waals surface area (Å²) in [6, 6.07) is 7.03. The molecule has 0 fully saturated rings. The van der Waals surface area contributed by atoms with Crippen LogP contribution < -0.4 is 0 Å². The van der Waals surface area contributed by atoms with Gasteiger partial charge in [0.25, 0.3) is 0 Å². The molecule has 0 aromatic heterocycles. The van der Waals surface area contributed by atoms with Gasteiger partial charge >= 0.3 is 0 Å². The average Bonchev–Trinajstić information content (AvgIpc) is 2.56. The number of benzene rings is 2. The molecule has 0 saturated heterocycles. The number of ketones is 1. The standard InChI is InChI=1S/C13H9FO/c1-7-2-3-8-4-5-10(14)13-11(15)6-9(7)12(8)13/h2-5H,6H2,1H3. The zero-order valence-electron chi connectivity index (χ0n) is 8.30. The highest BCUT2D eigenvalue weighted by Gasteiger charge is 2.26. The molecular formula is C13H9FO. The van der Waals surface area contributed by atoms with Crippen molar-refractivity contribution in [3.8, 4) is 0 Å². The summed E-state index contributed by atoms with van der Waals surface area (Å²) in [6.07, 6.45) is 0.347. The Morgan fingerprint density at radius 2 is 1.93 bits per heavy atom. The fourth-order valence-electron chi connectivity index (χ4n) is 2.32. The van der Waals surface area contributed by atoms with Crippen LogP contribution in [-0.4, -0.2) is 5.78 Å². The summed E-state index contributed by atoms with van der Waals surface area (Å²) in [4.78, 5) is 11.7. The van der Waals surface area contributed by atoms with Crippen LogP contribution in [0.3, 0.4) is 0 Å². The maximum Gasteiger partial charge on any atom is 0.170 e. The van der Waals surface area contributed by atoms with Crippen molar-refractivity contribution < 1.29 is 9.18 Å². The zero-order chi connectivity index (χ0) is 10.6. The second kappa shape index (κ2) is 2.66. The Labute approximate surface area is 86.5 Å². The number of carbonyl (C=O) groups excluding carboxylic acids is 1. The van der Waals surface area contributed by atoms with Crippen LogP contribution in [0.2, 0.25) is 0 Å². The van der Waals surface area contributed by atoms with Crippen LogP contribution >= 0.6 is 0 Å². The van der Waals surface area contributed by atoms with Gasteiger partial charge in [-0.1, -0.05) is 18.2 Å². The van der Waals surface area contributed by atoms with Crippen molar-refractivity contribution in [3.63, 3.8) is 0 Å². The molecule has 1 nitrogen and oxygen atoms in total. The summed E-state index contributed by atoms with van der Waals surface area (Å²) in [5.74, 6) is -0.487. The fraction of sp³-hybridized carbons (Fsp3) is 0.154. The highest BCUT2D eigenvalue weighted by Crippen LogP contribution is 2.34. The third-order valence-corrected chi connectivity index (χ3v) is 3.09. The van der Waals surface area contributed by atoms with Gasteiger partial charge in [0.15, 0.2) is 5.78 Å². The summed E-state index contributed by atoms with van der Waals surface area (Å²) < 4.78 is 13.5. The van der Waals surface area contributed by atoms with E-state index >= 15 is 0 Å². The van der Waals surface area contributed by atoms with Crippen molar-refractivity contribution in [2.24, 2.45) is 0 Å². The minimum absolute atomic E-state index is 0.0950. The summed E-state index contributed by atoms with van der Waals surface area (Å²) in [5.41, 5.74) is 2.35. The molecule has 3 rings (SSSR count). The molecule has 74 valence electrons. The van der Waals surface area contributed by atoms with Gasteiger partial charge in [0.2, 0.25) is 0 Å². The molecule has 0 heterocycles. The van der Waals surface area contributed by atoms with E-state index in [2.05, 4.69) is 0 Å². The van der Waals surface area contributed by atoms with Crippen LogP contribution in [0.5, 0.6) is 0 Å². The lowest BCUT2D eigenvalue weighted by molar-refractivity contribution is 0.0996. The first kappa shape index (κ1) is 8.60. The highest BCUT2D eigenvalue weighted by molar-refractivity contribution is 6.16. The van der Waals surface area contributed by atoms with E-state index in [1.54, 1.807) is 6.07 Å². The maximum atomic E-state index is 13.5. The van der Waals surface area contributed by atoms with Gasteiger partial charge in [0.05, 0.1) is 5.56 Å². The van der Waals surface area contributed by atoms with E-state index in [4.69, 9.17) is 0 Å². The molecular weight excluding hydrogens is 191 g/mol. The summed E-state index contributed by atoms with van der Waals surface area (Å²) in [6.45, 7) is 1.96. The lowest BCUT2D eigenvalue weighted by Crippen LogP contribution is -1.97. The first-order valence-electron chi connectivity index (χ1n) is 4.92. The van der Waals surface area contributed by atoms with E-state index in [0.29, 0.717) is 6.42 Å². The molecule has 0 radical (unpaired) electrons. The summed E-state index contributed by atoms with van der Waals surface area (Å²) >= 11 is 0. The van der Waals surface area contributed by atoms with Crippen molar-refractivity contribution in [1.29, 1.82) is 0 Å². The van der Waals surface area contributed by atoms with Gasteiger partial charge in [-0.3, -0.25) is 4.79 Å². The first-order chi connectivity index (χ1) is 7.18. The van der Waals surface area contributed by atoms with E-state index in [0.717, 1.165) is 21.9 Å². The Bertz CT molecular complexity index is 594. The zero-order valence-corrected chi connectivity index (χ0v) is 8.30. The van der Waals surface area contributed by atoms with Gasteiger partial charge in [-0.25, -0.2) is 4.39 Å². The van der Waals surface area contributed by atoms with E-state index in [1.807, 2.05) is 19.1 Å². The summed E-state index contributed by atoms with van der Waals surface area (Å²) in [7, 11) is 0. The number of carbonyl (C=O) groups is 1. The van der Waals surface area contributed by atoms with Gasteiger partial charge < -0.3 is 0 Å². The number of hydrogen-bond donors (Lipinski definition) is 0. The third kappa shape index (κ3) is 0.990. The smallest absolute Gasteiger partial charge is 0.170 e. The highest BCUT2D eigenvalue weighted by atomic mass is 19.1. The molecule has 1 aliphatic rings. The van der Waals surface area contributed by atoms with Crippen LogP contribution in [0, 0.1) is 12.7 Å². The van der Waals surface area contributed by atoms with Gasteiger partial charge in [-0.2, -0.15) is 0 Å². The molecule has 2 aromatic carbocycles. The van der Waals surface area contributed by atoms with Crippen LogP contribution in [-0.2, 0) is 6.42 Å². The van der Waals surface area contributed by atoms with Gasteiger partial charge in [-0.15, -0.1) is 0 Å². The largest absolute Gasteiger partial charge is 0.294 e. The van der Waals surface area contributed by atoms with Gasteiger partial charge in [0.1, 0.15) is 5.82 Å². The number of rotatable bonds is 0. The number of aryl methyl sites for hydroxylation is 1. The van der Waals surface area contributed by atoms with Gasteiger partial charge in [0, 0.05) is 6.42 Å². The monoisotopic (exact) mass is 200 g/mol. The SMILES string of the molecule is Cc1ccc2ccc(F)c3c2c1CC3=O. The second-order valence-corrected chi connectivity index (χ2v) is 3.98. The normalized spacial score (nSPS) is 13.9. The molecule has 0 N–H and O–H groups in total. The van der Waals surface area contributed by atoms with E-state index in [1.165, 1.54) is 6.07 Å². The van der Waals surface area contributed by atoms with Crippen molar-refractivity contribution in [1.82, 2.24) is 0 Å². The lowest BCUT2D eigenvalue weighted by Gasteiger charge is -2.03. The van der Waals surface area contributed by atoms with Crippen LogP contribution in [0.4, 0.5) is 4.39 Å². The predicted octanol–water partition coefficient (Wildman–Crippen LogP) is 3.03. The third-order valence-electron chi connectivity index (χ3n) is 3.09. The lowest BCUT2D eigenvalue weighted by atomic mass is 10.0. The Balaban J connectivity index is 2.59. The molecule has 15 heavy (non-hydrogen) atoms. The topological polar surface area (TPSA) is 17.1 Å². The van der Waals surface area contributed by atoms with Crippen molar-refractivity contribution in [2.45, 2.75) is 13.3 Å². The molecule has 0 bridgehead atoms. The minimum Gasteiger partial charge on any atom is -0.294 e. The quantitative estimate of drug-likeness (QED) is 0.638. The predicted molar refractivity (Wildman–Crippen MR) is 56.7 cm³/mol. The number of Topliss-reactive ketones (excluding diaryl/α,β-unsaturated/α-hetero) is 1. The van der Waals surface area contributed by atoms with Crippen LogP contribution in [0.1, 0.15) is 21.5 Å². The molecule has 2 heteroatoms. The summed E-state index contributed by atoms with van der Waals surface area (Å²) in [5, 5.41) is 1.78. The molecule has 0 amide bonds. The maximum absolute atomic E-state index is 13.5. The number of hydrogen-bond acceptors (Lipinski definition) is 1. The molecule has 0 aliphatic heterocycles. The second-order valence-electron chi connectivity index (χ2n) is 3.98. The fourth-order valence-corrected chi connectivity index (χ4v) is 2.32. The minimum atomic E-state index is -0.392. The molecule has 0 unspecified atom stereocenters. The van der Waals surface area contributed by atoms with Crippen LogP contribution in [0.25, 0.3) is 10.8 Å². The van der Waals surface area contributed by atoms with E-state index < -0.39 is 5.82 Å². The molecule has 0 atom stereocenters. The van der Waals surface area contributed by atoms with Crippen molar-refractivity contribution >= 4 is 16.6 Å². The number of halogens is 1. The Hall–Kier alpha value is -1.70. The Kier molecular flexibility index (Phi) is 1.52. The molecule has 1 aliphatic carbocycles. The molecule has 2 aromatic rings. The molecule has 0 saturated carbocycles. The van der Waals surface area contributed by atoms with Gasteiger partial charge in [-0.05, 0) is 34.9 Å². The first-order valence-corrected chi connectivity index (χ1v) is 4.92. The Morgan fingerprint density at radius 3 is 2.73 bits per heavy atom. The van der Waals surface area contributed by atoms with E-state index in [-0.39, 0.29) is 11.3 Å². The molecule has 0 spiro atoms. The average molecular weight is 200 g/mol. The van der Waals surface area contributed by atoms with Crippen LogP contribution in [0.15, 0.2) is 24.3 Å². The Morgan fingerprint density at radius 1 is 1.20 bits per heavy atom. The van der Waals surface area contributed by atoms with Crippen molar-refractivity contribution in [3.05, 3.63) is 46.8 Å².